The van der Waals surface area contributed by atoms with Crippen molar-refractivity contribution in [2.75, 3.05) is 0 Å². The molecule has 0 saturated heterocycles. The maximum absolute atomic E-state index is 4.93. The van der Waals surface area contributed by atoms with Gasteiger partial charge in [0.1, 0.15) is 0 Å². The van der Waals surface area contributed by atoms with Crippen LogP contribution in [0.4, 0.5) is 0 Å². The van der Waals surface area contributed by atoms with Gasteiger partial charge in [0.2, 0.25) is 0 Å². The Bertz CT molecular complexity index is 830. The van der Waals surface area contributed by atoms with E-state index >= 15 is 0 Å². The average molecular weight is 669 g/mol. The fourth-order valence-electron chi connectivity index (χ4n) is 8.12. The van der Waals surface area contributed by atoms with Gasteiger partial charge in [0.05, 0.1) is 0 Å². The van der Waals surface area contributed by atoms with Crippen molar-refractivity contribution in [3.8, 4) is 0 Å². The van der Waals surface area contributed by atoms with E-state index in [1.165, 1.54) is 62.2 Å². The van der Waals surface area contributed by atoms with Crippen LogP contribution in [0.25, 0.3) is 0 Å². The van der Waals surface area contributed by atoms with Crippen LogP contribution >= 0.6 is 17.0 Å². The van der Waals surface area contributed by atoms with Crippen molar-refractivity contribution < 1.29 is 20.8 Å². The first-order valence-corrected chi connectivity index (χ1v) is 22.3. The molecule has 220 valence electrons. The predicted molar refractivity (Wildman–Crippen MR) is 175 cm³/mol. The first-order chi connectivity index (χ1) is 19.7. The van der Waals surface area contributed by atoms with E-state index in [1.54, 1.807) is 11.8 Å². The quantitative estimate of drug-likeness (QED) is 0.280. The van der Waals surface area contributed by atoms with E-state index in [-0.39, 0.29) is 0 Å². The Labute approximate surface area is 273 Å². The first kappa shape index (κ1) is 34.3. The third kappa shape index (κ3) is 8.78. The monoisotopic (exact) mass is 666 g/mol. The molecule has 6 unspecified atom stereocenters. The van der Waals surface area contributed by atoms with E-state index in [0.717, 1.165) is 47.3 Å². The fraction of sp³-hybridized carbons (Fsp3) is 0.526. The number of rotatable bonds is 4. The van der Waals surface area contributed by atoms with E-state index in [4.69, 9.17) is 17.0 Å². The topological polar surface area (TPSA) is 0 Å². The molecule has 10 radical (unpaired) electrons. The first-order valence-electron chi connectivity index (χ1n) is 16.0. The molecule has 0 aromatic carbocycles. The third-order valence-corrected chi connectivity index (χ3v) is 10.3. The standard InChI is InChI=1S/2C19H25.2ClH.Zr/c2*1-13(2)16-10-8-14(3)12-19(16)18-11-9-15-6-4-5-7-17(15)18;;;/h2*4-7,9,11,13-14,16,19H,8,10,12H2,1-3H3;2*1H;/q;;;;+2/p-2. The number of fused-ring (bicyclic) bond motifs is 2. The van der Waals surface area contributed by atoms with Gasteiger partial charge in [-0.05, 0) is 111 Å². The van der Waals surface area contributed by atoms with Crippen LogP contribution in [0.1, 0.15) is 80.1 Å². The predicted octanol–water partition coefficient (Wildman–Crippen LogP) is 11.3. The Hall–Kier alpha value is 0.423. The molecule has 0 spiro atoms. The van der Waals surface area contributed by atoms with Crippen molar-refractivity contribution >= 4 is 17.0 Å². The van der Waals surface area contributed by atoms with Crippen LogP contribution in [-0.2, 0) is 20.8 Å². The summed E-state index contributed by atoms with van der Waals surface area (Å²) < 4.78 is 0. The fourth-order valence-corrected chi connectivity index (χ4v) is 8.12. The van der Waals surface area contributed by atoms with E-state index in [1.807, 2.05) is 0 Å². The minimum atomic E-state index is -0.826. The van der Waals surface area contributed by atoms with Crippen LogP contribution in [0.15, 0.2) is 48.6 Å². The molecule has 4 fully saturated rings. The summed E-state index contributed by atoms with van der Waals surface area (Å²) in [5.41, 5.74) is 0. The van der Waals surface area contributed by atoms with Gasteiger partial charge in [-0.3, -0.25) is 0 Å². The molecular weight excluding hydrogens is 619 g/mol. The molecule has 4 saturated carbocycles. The van der Waals surface area contributed by atoms with E-state index in [9.17, 15) is 0 Å². The van der Waals surface area contributed by atoms with E-state index < -0.39 is 20.8 Å². The van der Waals surface area contributed by atoms with Gasteiger partial charge in [-0.25, -0.2) is 0 Å². The summed E-state index contributed by atoms with van der Waals surface area (Å²) in [6, 6.07) is 0. The molecule has 0 bridgehead atoms. The number of hydrogen-bond donors (Lipinski definition) is 0. The summed E-state index contributed by atoms with van der Waals surface area (Å²) >= 11 is -0.826. The van der Waals surface area contributed by atoms with Crippen molar-refractivity contribution in [2.45, 2.75) is 80.1 Å². The van der Waals surface area contributed by atoms with Crippen LogP contribution in [0, 0.1) is 109 Å². The second-order valence-electron chi connectivity index (χ2n) is 13.7. The van der Waals surface area contributed by atoms with Crippen LogP contribution in [0.2, 0.25) is 0 Å². The number of hydrogen-bond acceptors (Lipinski definition) is 0. The molecule has 0 aromatic rings. The number of allylic oxidation sites excluding steroid dienone is 8. The van der Waals surface area contributed by atoms with E-state index in [2.05, 4.69) is 116 Å². The van der Waals surface area contributed by atoms with E-state index in [0.29, 0.717) is 0 Å². The molecule has 0 aromatic heterocycles. The maximum atomic E-state index is 4.93. The Morgan fingerprint density at radius 1 is 0.585 bits per heavy atom. The van der Waals surface area contributed by atoms with Crippen molar-refractivity contribution in [1.29, 1.82) is 0 Å². The van der Waals surface area contributed by atoms with Crippen molar-refractivity contribution in [3.63, 3.8) is 0 Å². The zero-order valence-electron chi connectivity index (χ0n) is 26.0. The van der Waals surface area contributed by atoms with Gasteiger partial charge in [0, 0.05) is 23.7 Å². The molecule has 3 heteroatoms. The van der Waals surface area contributed by atoms with Gasteiger partial charge in [0.15, 0.2) is 0 Å². The van der Waals surface area contributed by atoms with Gasteiger partial charge in [0.25, 0.3) is 0 Å². The summed E-state index contributed by atoms with van der Waals surface area (Å²) in [5, 5.41) is 0. The Balaban J connectivity index is 0.000000173. The molecule has 0 N–H and O–H groups in total. The molecule has 0 nitrogen and oxygen atoms in total. The number of halogens is 2. The molecular formula is C38H50Cl2Zr. The summed E-state index contributed by atoms with van der Waals surface area (Å²) in [7, 11) is 9.87. The molecule has 6 rings (SSSR count). The Kier molecular flexibility index (Phi) is 13.9. The van der Waals surface area contributed by atoms with Crippen molar-refractivity contribution in [3.05, 3.63) is 110 Å². The summed E-state index contributed by atoms with van der Waals surface area (Å²) in [6.07, 6.45) is 35.5. The van der Waals surface area contributed by atoms with Crippen molar-refractivity contribution in [1.82, 2.24) is 0 Å². The van der Waals surface area contributed by atoms with Gasteiger partial charge >= 0.3 is 37.9 Å². The van der Waals surface area contributed by atoms with Crippen LogP contribution in [-0.4, -0.2) is 0 Å². The van der Waals surface area contributed by atoms with Crippen LogP contribution in [0.5, 0.6) is 0 Å². The van der Waals surface area contributed by atoms with Crippen LogP contribution in [0.3, 0.4) is 0 Å². The zero-order chi connectivity index (χ0) is 29.5. The molecule has 0 aliphatic heterocycles. The molecule has 6 aliphatic carbocycles. The molecule has 6 aliphatic rings. The summed E-state index contributed by atoms with van der Waals surface area (Å²) in [6.45, 7) is 14.5. The second kappa shape index (κ2) is 16.7. The minimum absolute atomic E-state index is 0.767. The molecule has 0 heterocycles. The Morgan fingerprint density at radius 3 is 1.32 bits per heavy atom. The van der Waals surface area contributed by atoms with Gasteiger partial charge in [-0.1, -0.05) is 103 Å². The van der Waals surface area contributed by atoms with Gasteiger partial charge in [-0.15, -0.1) is 0 Å². The average Bonchev–Trinajstić information content (AvgIpc) is 3.58. The second-order valence-corrected chi connectivity index (χ2v) is 17.4. The SMILES string of the molecule is CC1CCC(C(C)C)C([C]2[CH][CH][C]3C=CC=C[C]32)C1.CC1CCC(C(C)C)C([C]2[CH][CH][C]3C=CC=C[C]32)C1.[Cl][Zr][Cl]. The van der Waals surface area contributed by atoms with Crippen molar-refractivity contribution in [2.24, 2.45) is 47.3 Å². The summed E-state index contributed by atoms with van der Waals surface area (Å²) in [5.74, 6) is 15.7. The molecule has 0 amide bonds. The third-order valence-electron chi connectivity index (χ3n) is 10.3. The van der Waals surface area contributed by atoms with Gasteiger partial charge in [-0.2, -0.15) is 0 Å². The molecule has 41 heavy (non-hydrogen) atoms. The van der Waals surface area contributed by atoms with Crippen LogP contribution < -0.4 is 0 Å². The zero-order valence-corrected chi connectivity index (χ0v) is 30.0. The molecule has 6 atom stereocenters. The Morgan fingerprint density at radius 2 is 0.951 bits per heavy atom. The summed E-state index contributed by atoms with van der Waals surface area (Å²) in [4.78, 5) is 0. The normalized spacial score (nSPS) is 34.8. The van der Waals surface area contributed by atoms with Gasteiger partial charge < -0.3 is 0 Å².